The molecule has 0 atom stereocenters. The summed E-state index contributed by atoms with van der Waals surface area (Å²) in [6.45, 7) is 0. The molecule has 2 nitrogen and oxygen atoms in total. The average Bonchev–Trinajstić information content (AvgIpc) is 3.65. The first-order chi connectivity index (χ1) is 28.8. The number of anilines is 3. The van der Waals surface area contributed by atoms with Crippen molar-refractivity contribution in [1.82, 2.24) is 4.57 Å². The summed E-state index contributed by atoms with van der Waals surface area (Å²) in [5, 5.41) is 7.64. The van der Waals surface area contributed by atoms with Crippen LogP contribution in [0.25, 0.3) is 82.4 Å². The van der Waals surface area contributed by atoms with Gasteiger partial charge in [0.15, 0.2) is 0 Å². The molecule has 0 bridgehead atoms. The van der Waals surface area contributed by atoms with E-state index in [-0.39, 0.29) is 0 Å². The number of benzene rings is 10. The van der Waals surface area contributed by atoms with Crippen molar-refractivity contribution >= 4 is 60.4 Å². The zero-order valence-electron chi connectivity index (χ0n) is 31.8. The van der Waals surface area contributed by atoms with Gasteiger partial charge in [-0.15, -0.1) is 0 Å². The number of hydrogen-bond donors (Lipinski definition) is 0. The molecule has 0 fully saturated rings. The highest BCUT2D eigenvalue weighted by Crippen LogP contribution is 2.40. The van der Waals surface area contributed by atoms with E-state index < -0.39 is 0 Å². The monoisotopic (exact) mass is 738 g/mol. The molecule has 11 rings (SSSR count). The lowest BCUT2D eigenvalue weighted by Gasteiger charge is -2.26. The van der Waals surface area contributed by atoms with Crippen LogP contribution in [-0.4, -0.2) is 4.57 Å². The first kappa shape index (κ1) is 33.6. The lowest BCUT2D eigenvalue weighted by Crippen LogP contribution is -2.09. The van der Waals surface area contributed by atoms with Gasteiger partial charge in [-0.25, -0.2) is 0 Å². The van der Waals surface area contributed by atoms with Gasteiger partial charge in [0.1, 0.15) is 0 Å². The molecule has 0 saturated heterocycles. The van der Waals surface area contributed by atoms with Gasteiger partial charge in [0.25, 0.3) is 0 Å². The van der Waals surface area contributed by atoms with Crippen LogP contribution in [0.1, 0.15) is 0 Å². The van der Waals surface area contributed by atoms with Gasteiger partial charge >= 0.3 is 0 Å². The molecule has 0 unspecified atom stereocenters. The Hall–Kier alpha value is -7.68. The van der Waals surface area contributed by atoms with E-state index in [1.807, 2.05) is 0 Å². The topological polar surface area (TPSA) is 8.17 Å². The van der Waals surface area contributed by atoms with Crippen LogP contribution in [0.3, 0.4) is 0 Å². The first-order valence-electron chi connectivity index (χ1n) is 19.9. The highest BCUT2D eigenvalue weighted by atomic mass is 15.1. The molecule has 0 radical (unpaired) electrons. The zero-order valence-corrected chi connectivity index (χ0v) is 31.8. The third-order valence-electron chi connectivity index (χ3n) is 11.6. The molecule has 58 heavy (non-hydrogen) atoms. The summed E-state index contributed by atoms with van der Waals surface area (Å²) in [5.74, 6) is 0. The predicted octanol–water partition coefficient (Wildman–Crippen LogP) is 15.6. The molecule has 272 valence electrons. The molecule has 10 aromatic carbocycles. The molecule has 11 aromatic rings. The number of para-hydroxylation sites is 1. The maximum absolute atomic E-state index is 2.40. The van der Waals surface area contributed by atoms with E-state index in [2.05, 4.69) is 240 Å². The van der Waals surface area contributed by atoms with Crippen LogP contribution in [-0.2, 0) is 0 Å². The van der Waals surface area contributed by atoms with Crippen LogP contribution in [0.5, 0.6) is 0 Å². The third-order valence-corrected chi connectivity index (χ3v) is 11.6. The second-order valence-corrected chi connectivity index (χ2v) is 14.9. The van der Waals surface area contributed by atoms with Crippen LogP contribution in [0.2, 0.25) is 0 Å². The lowest BCUT2D eigenvalue weighted by molar-refractivity contribution is 1.18. The Balaban J connectivity index is 0.947. The van der Waals surface area contributed by atoms with E-state index in [0.717, 1.165) is 22.7 Å². The minimum Gasteiger partial charge on any atom is -0.311 e. The Kier molecular flexibility index (Phi) is 8.19. The minimum atomic E-state index is 1.10. The number of fused-ring (bicyclic) bond motifs is 6. The summed E-state index contributed by atoms with van der Waals surface area (Å²) in [7, 11) is 0. The highest BCUT2D eigenvalue weighted by molar-refractivity contribution is 6.21. The number of nitrogens with zero attached hydrogens (tertiary/aromatic N) is 2. The van der Waals surface area contributed by atoms with Gasteiger partial charge in [-0.05, 0) is 116 Å². The van der Waals surface area contributed by atoms with E-state index in [1.165, 1.54) is 76.7 Å². The van der Waals surface area contributed by atoms with Gasteiger partial charge in [0, 0.05) is 33.5 Å². The van der Waals surface area contributed by atoms with E-state index in [1.54, 1.807) is 0 Å². The zero-order chi connectivity index (χ0) is 38.4. The van der Waals surface area contributed by atoms with E-state index in [4.69, 9.17) is 0 Å². The SMILES string of the molecule is c1ccc(-c2ccc(N(c3ccc(-c4ccc(-n5c6ccccc6c6c7ccccc7ccc65)cc4)cc3)c3ccc(-c4cccc5ccccc45)cc3)cc2)cc1. The maximum atomic E-state index is 2.40. The Morgan fingerprint density at radius 2 is 0.741 bits per heavy atom. The summed E-state index contributed by atoms with van der Waals surface area (Å²) in [5.41, 5.74) is 14.1. The Bertz CT molecular complexity index is 3230. The normalized spacial score (nSPS) is 11.4. The van der Waals surface area contributed by atoms with Gasteiger partial charge in [-0.1, -0.05) is 170 Å². The van der Waals surface area contributed by atoms with Gasteiger partial charge < -0.3 is 9.47 Å². The van der Waals surface area contributed by atoms with Gasteiger partial charge in [-0.3, -0.25) is 0 Å². The molecular formula is C56H38N2. The molecule has 0 amide bonds. The van der Waals surface area contributed by atoms with Crippen LogP contribution in [0.15, 0.2) is 231 Å². The van der Waals surface area contributed by atoms with E-state index in [0.29, 0.717) is 0 Å². The van der Waals surface area contributed by atoms with Gasteiger partial charge in [-0.2, -0.15) is 0 Å². The van der Waals surface area contributed by atoms with Crippen molar-refractivity contribution in [1.29, 1.82) is 0 Å². The maximum Gasteiger partial charge on any atom is 0.0547 e. The molecule has 2 heteroatoms. The van der Waals surface area contributed by atoms with Crippen molar-refractivity contribution in [2.45, 2.75) is 0 Å². The quantitative estimate of drug-likeness (QED) is 0.158. The summed E-state index contributed by atoms with van der Waals surface area (Å²) in [6.07, 6.45) is 0. The van der Waals surface area contributed by atoms with E-state index in [9.17, 15) is 0 Å². The number of aromatic nitrogens is 1. The smallest absolute Gasteiger partial charge is 0.0547 e. The molecular weight excluding hydrogens is 701 g/mol. The highest BCUT2D eigenvalue weighted by Gasteiger charge is 2.16. The van der Waals surface area contributed by atoms with Crippen LogP contribution >= 0.6 is 0 Å². The fraction of sp³-hybridized carbons (Fsp3) is 0. The molecule has 0 spiro atoms. The van der Waals surface area contributed by atoms with Crippen molar-refractivity contribution in [3.05, 3.63) is 231 Å². The standard InChI is InChI=1S/C56H38N2/c1-2-11-39(12-3-1)40-21-30-46(31-22-40)57(48-36-27-45(28-37-48)51-19-10-15-43-13-4-6-16-50(43)51)47-32-23-41(24-33-47)42-25-34-49(35-26-42)58-54-20-9-8-18-53(54)56-52-17-7-5-14-44(52)29-38-55(56)58/h1-38H. The Labute approximate surface area is 338 Å². The number of rotatable bonds is 7. The fourth-order valence-corrected chi connectivity index (χ4v) is 8.77. The van der Waals surface area contributed by atoms with Gasteiger partial charge in [0.2, 0.25) is 0 Å². The van der Waals surface area contributed by atoms with E-state index >= 15 is 0 Å². The molecule has 0 aliphatic rings. The molecule has 0 saturated carbocycles. The average molecular weight is 739 g/mol. The van der Waals surface area contributed by atoms with Crippen molar-refractivity contribution in [2.75, 3.05) is 4.90 Å². The largest absolute Gasteiger partial charge is 0.311 e. The minimum absolute atomic E-state index is 1.10. The van der Waals surface area contributed by atoms with Gasteiger partial charge in [0.05, 0.1) is 11.0 Å². The summed E-state index contributed by atoms with van der Waals surface area (Å²) in [6, 6.07) is 83.5. The predicted molar refractivity (Wildman–Crippen MR) is 247 cm³/mol. The second-order valence-electron chi connectivity index (χ2n) is 14.9. The summed E-state index contributed by atoms with van der Waals surface area (Å²) in [4.78, 5) is 2.35. The molecule has 0 aliphatic heterocycles. The molecule has 1 aromatic heterocycles. The van der Waals surface area contributed by atoms with Crippen molar-refractivity contribution < 1.29 is 0 Å². The molecule has 1 heterocycles. The summed E-state index contributed by atoms with van der Waals surface area (Å²) >= 11 is 0. The molecule has 0 aliphatic carbocycles. The van der Waals surface area contributed by atoms with Crippen LogP contribution in [0, 0.1) is 0 Å². The number of hydrogen-bond acceptors (Lipinski definition) is 1. The first-order valence-corrected chi connectivity index (χ1v) is 19.9. The van der Waals surface area contributed by atoms with Crippen molar-refractivity contribution in [3.8, 4) is 39.1 Å². The van der Waals surface area contributed by atoms with Crippen molar-refractivity contribution in [3.63, 3.8) is 0 Å². The molecule has 0 N–H and O–H groups in total. The fourth-order valence-electron chi connectivity index (χ4n) is 8.77. The Morgan fingerprint density at radius 1 is 0.276 bits per heavy atom. The lowest BCUT2D eigenvalue weighted by atomic mass is 9.98. The summed E-state index contributed by atoms with van der Waals surface area (Å²) < 4.78 is 2.40. The Morgan fingerprint density at radius 3 is 1.38 bits per heavy atom. The van der Waals surface area contributed by atoms with Crippen molar-refractivity contribution in [2.24, 2.45) is 0 Å². The second kappa shape index (κ2) is 14.1. The third kappa shape index (κ3) is 5.82. The van der Waals surface area contributed by atoms with Crippen LogP contribution < -0.4 is 4.90 Å². The van der Waals surface area contributed by atoms with Crippen LogP contribution in [0.4, 0.5) is 17.1 Å².